The van der Waals surface area contributed by atoms with Crippen LogP contribution in [0.3, 0.4) is 0 Å². The van der Waals surface area contributed by atoms with Gasteiger partial charge in [-0.2, -0.15) is 18.6 Å². The highest BCUT2D eigenvalue weighted by Crippen LogP contribution is 2.10. The van der Waals surface area contributed by atoms with Gasteiger partial charge in [-0.05, 0) is 13.0 Å². The summed E-state index contributed by atoms with van der Waals surface area (Å²) >= 11 is 0. The Morgan fingerprint density at radius 2 is 1.95 bits per heavy atom. The molecule has 0 saturated carbocycles. The number of halogens is 2. The van der Waals surface area contributed by atoms with E-state index in [4.69, 9.17) is 0 Å². The SMILES string of the molecule is Cc1nn(-c2ccccc2B(O)O)c(=O)n1C(F)F. The topological polar surface area (TPSA) is 80.3 Å². The average molecular weight is 269 g/mol. The van der Waals surface area contributed by atoms with E-state index in [1.807, 2.05) is 0 Å². The normalized spacial score (nSPS) is 11.1. The van der Waals surface area contributed by atoms with Crippen molar-refractivity contribution < 1.29 is 18.8 Å². The van der Waals surface area contributed by atoms with Gasteiger partial charge in [0.05, 0.1) is 5.69 Å². The Balaban J connectivity index is 2.68. The number of alkyl halides is 2. The van der Waals surface area contributed by atoms with Gasteiger partial charge in [-0.15, -0.1) is 0 Å². The molecule has 0 aliphatic heterocycles. The molecule has 0 saturated heterocycles. The highest BCUT2D eigenvalue weighted by atomic mass is 19.3. The molecule has 0 fully saturated rings. The van der Waals surface area contributed by atoms with Crippen LogP contribution in [0, 0.1) is 6.92 Å². The molecule has 0 bridgehead atoms. The summed E-state index contributed by atoms with van der Waals surface area (Å²) < 4.78 is 26.3. The zero-order chi connectivity index (χ0) is 14.2. The Labute approximate surface area is 106 Å². The number of aryl methyl sites for hydroxylation is 1. The molecule has 0 aliphatic rings. The van der Waals surface area contributed by atoms with Crippen molar-refractivity contribution >= 4 is 12.6 Å². The lowest BCUT2D eigenvalue weighted by molar-refractivity contribution is 0.0640. The monoisotopic (exact) mass is 269 g/mol. The number of hydrogen-bond donors (Lipinski definition) is 2. The van der Waals surface area contributed by atoms with Gasteiger partial charge in [0.15, 0.2) is 0 Å². The van der Waals surface area contributed by atoms with Crippen LogP contribution in [0.2, 0.25) is 0 Å². The van der Waals surface area contributed by atoms with Crippen molar-refractivity contribution in [3.8, 4) is 5.69 Å². The molecular formula is C10H10BF2N3O3. The summed E-state index contributed by atoms with van der Waals surface area (Å²) in [7, 11) is -1.83. The Kier molecular flexibility index (Phi) is 3.49. The van der Waals surface area contributed by atoms with Gasteiger partial charge in [0.2, 0.25) is 0 Å². The Bertz CT molecular complexity index is 654. The first kappa shape index (κ1) is 13.4. The third kappa shape index (κ3) is 2.29. The van der Waals surface area contributed by atoms with E-state index in [0.717, 1.165) is 4.68 Å². The molecule has 2 aromatic rings. The van der Waals surface area contributed by atoms with E-state index < -0.39 is 19.4 Å². The Hall–Kier alpha value is -2.00. The van der Waals surface area contributed by atoms with Crippen LogP contribution in [0.4, 0.5) is 8.78 Å². The largest absolute Gasteiger partial charge is 0.490 e. The van der Waals surface area contributed by atoms with Crippen molar-refractivity contribution in [2.75, 3.05) is 0 Å². The fraction of sp³-hybridized carbons (Fsp3) is 0.200. The Morgan fingerprint density at radius 3 is 2.47 bits per heavy atom. The lowest BCUT2D eigenvalue weighted by Crippen LogP contribution is -2.36. The number of rotatable bonds is 3. The Morgan fingerprint density at radius 1 is 1.32 bits per heavy atom. The maximum absolute atomic E-state index is 12.7. The second-order valence-electron chi connectivity index (χ2n) is 3.82. The van der Waals surface area contributed by atoms with E-state index >= 15 is 0 Å². The quantitative estimate of drug-likeness (QED) is 0.730. The minimum absolute atomic E-state index is 0.00326. The summed E-state index contributed by atoms with van der Waals surface area (Å²) in [6.07, 6.45) is 0. The van der Waals surface area contributed by atoms with Crippen molar-refractivity contribution in [1.29, 1.82) is 0 Å². The van der Waals surface area contributed by atoms with Gasteiger partial charge in [0.1, 0.15) is 5.82 Å². The van der Waals surface area contributed by atoms with Crippen LogP contribution in [-0.2, 0) is 0 Å². The molecule has 9 heteroatoms. The first-order chi connectivity index (χ1) is 8.93. The van der Waals surface area contributed by atoms with E-state index in [1.54, 1.807) is 0 Å². The molecule has 0 amide bonds. The van der Waals surface area contributed by atoms with Gasteiger partial charge in [0, 0.05) is 5.46 Å². The second kappa shape index (κ2) is 4.94. The molecular weight excluding hydrogens is 259 g/mol. The fourth-order valence-corrected chi connectivity index (χ4v) is 1.76. The summed E-state index contributed by atoms with van der Waals surface area (Å²) in [4.78, 5) is 11.8. The molecule has 0 radical (unpaired) electrons. The molecule has 0 unspecified atom stereocenters. The van der Waals surface area contributed by atoms with Gasteiger partial charge in [0.25, 0.3) is 0 Å². The van der Waals surface area contributed by atoms with Gasteiger partial charge in [-0.25, -0.2) is 9.36 Å². The van der Waals surface area contributed by atoms with Gasteiger partial charge >= 0.3 is 19.4 Å². The van der Waals surface area contributed by atoms with Gasteiger partial charge in [-0.3, -0.25) is 0 Å². The minimum atomic E-state index is -3.01. The molecule has 6 nitrogen and oxygen atoms in total. The lowest BCUT2D eigenvalue weighted by Gasteiger charge is -2.06. The van der Waals surface area contributed by atoms with E-state index in [2.05, 4.69) is 5.10 Å². The van der Waals surface area contributed by atoms with Crippen LogP contribution in [0.25, 0.3) is 5.69 Å². The maximum Gasteiger partial charge on any atom is 0.490 e. The average Bonchev–Trinajstić information content (AvgIpc) is 2.64. The molecule has 0 aliphatic carbocycles. The van der Waals surface area contributed by atoms with Crippen LogP contribution in [0.1, 0.15) is 12.4 Å². The second-order valence-corrected chi connectivity index (χ2v) is 3.82. The summed E-state index contributed by atoms with van der Waals surface area (Å²) in [6.45, 7) is -1.74. The van der Waals surface area contributed by atoms with E-state index in [0.29, 0.717) is 0 Å². The van der Waals surface area contributed by atoms with Crippen molar-refractivity contribution in [3.05, 3.63) is 40.6 Å². The third-order valence-corrected chi connectivity index (χ3v) is 2.62. The van der Waals surface area contributed by atoms with E-state index in [-0.39, 0.29) is 21.5 Å². The summed E-state index contributed by atoms with van der Waals surface area (Å²) in [5, 5.41) is 22.1. The van der Waals surface area contributed by atoms with Crippen LogP contribution >= 0.6 is 0 Å². The van der Waals surface area contributed by atoms with E-state index in [1.165, 1.54) is 31.2 Å². The standard InChI is InChI=1S/C10H10BF2N3O3/c1-6-14-16(10(17)15(6)9(12)13)8-5-3-2-4-7(8)11(18)19/h2-5,9,18-19H,1H3. The first-order valence-electron chi connectivity index (χ1n) is 5.35. The zero-order valence-electron chi connectivity index (χ0n) is 9.86. The van der Waals surface area contributed by atoms with Crippen LogP contribution < -0.4 is 11.2 Å². The molecule has 0 atom stereocenters. The molecule has 19 heavy (non-hydrogen) atoms. The number of nitrogens with zero attached hydrogens (tertiary/aromatic N) is 3. The smallest absolute Gasteiger partial charge is 0.423 e. The maximum atomic E-state index is 12.7. The highest BCUT2D eigenvalue weighted by molar-refractivity contribution is 6.60. The van der Waals surface area contributed by atoms with Gasteiger partial charge in [-0.1, -0.05) is 18.2 Å². The molecule has 2 N–H and O–H groups in total. The number of hydrogen-bond acceptors (Lipinski definition) is 4. The van der Waals surface area contributed by atoms with Crippen molar-refractivity contribution in [3.63, 3.8) is 0 Å². The van der Waals surface area contributed by atoms with Crippen LogP contribution in [0.5, 0.6) is 0 Å². The molecule has 1 aromatic carbocycles. The minimum Gasteiger partial charge on any atom is -0.423 e. The highest BCUT2D eigenvalue weighted by Gasteiger charge is 2.22. The first-order valence-corrected chi connectivity index (χ1v) is 5.35. The molecule has 100 valence electrons. The summed E-state index contributed by atoms with van der Waals surface area (Å²) in [5.41, 5.74) is -0.992. The predicted molar refractivity (Wildman–Crippen MR) is 63.6 cm³/mol. The molecule has 1 aromatic heterocycles. The molecule has 2 rings (SSSR count). The number of para-hydroxylation sites is 1. The summed E-state index contributed by atoms with van der Waals surface area (Å²) in [6, 6.07) is 5.81. The lowest BCUT2D eigenvalue weighted by atomic mass is 9.79. The van der Waals surface area contributed by atoms with E-state index in [9.17, 15) is 23.6 Å². The predicted octanol–water partition coefficient (Wildman–Crippen LogP) is -0.583. The fourth-order valence-electron chi connectivity index (χ4n) is 1.76. The molecule has 1 heterocycles. The summed E-state index contributed by atoms with van der Waals surface area (Å²) in [5.74, 6) is -0.165. The van der Waals surface area contributed by atoms with Crippen molar-refractivity contribution in [1.82, 2.24) is 14.3 Å². The van der Waals surface area contributed by atoms with Gasteiger partial charge < -0.3 is 10.0 Å². The number of benzene rings is 1. The van der Waals surface area contributed by atoms with Crippen molar-refractivity contribution in [2.45, 2.75) is 13.5 Å². The third-order valence-electron chi connectivity index (χ3n) is 2.62. The number of aromatic nitrogens is 3. The zero-order valence-corrected chi connectivity index (χ0v) is 9.86. The van der Waals surface area contributed by atoms with Crippen LogP contribution in [0.15, 0.2) is 29.1 Å². The van der Waals surface area contributed by atoms with Crippen LogP contribution in [-0.4, -0.2) is 31.5 Å². The molecule has 0 spiro atoms. The van der Waals surface area contributed by atoms with Crippen molar-refractivity contribution in [2.24, 2.45) is 0 Å².